The van der Waals surface area contributed by atoms with Gasteiger partial charge in [-0.15, -0.1) is 0 Å². The van der Waals surface area contributed by atoms with Crippen molar-refractivity contribution in [3.05, 3.63) is 34.6 Å². The minimum atomic E-state index is -1.33. The molecule has 0 aliphatic rings. The molecule has 1 rings (SSSR count). The van der Waals surface area contributed by atoms with E-state index in [1.165, 1.54) is 0 Å². The number of nitrogens with zero attached hydrogens (tertiary/aromatic N) is 1. The Hall–Kier alpha value is -1.93. The number of benzene rings is 1. The molecule has 0 atom stereocenters. The van der Waals surface area contributed by atoms with Crippen LogP contribution in [-0.2, 0) is 6.54 Å². The Labute approximate surface area is 79.4 Å². The minimum Gasteiger partial charge on any atom is -0.478 e. The Morgan fingerprint density at radius 1 is 1.64 bits per heavy atom. The van der Waals surface area contributed by atoms with E-state index in [1.807, 2.05) is 0 Å². The summed E-state index contributed by atoms with van der Waals surface area (Å²) in [7, 11) is 0. The van der Waals surface area contributed by atoms with Gasteiger partial charge in [-0.05, 0) is 12.1 Å². The lowest BCUT2D eigenvalue weighted by Gasteiger charge is -2.03. The van der Waals surface area contributed by atoms with Crippen molar-refractivity contribution in [2.45, 2.75) is 6.54 Å². The molecule has 0 aliphatic heterocycles. The van der Waals surface area contributed by atoms with Crippen molar-refractivity contribution < 1.29 is 14.3 Å². The highest BCUT2D eigenvalue weighted by atomic mass is 19.1. The molecule has 0 aromatic heterocycles. The zero-order chi connectivity index (χ0) is 10.7. The van der Waals surface area contributed by atoms with Crippen LogP contribution in [-0.4, -0.2) is 11.1 Å². The molecule has 0 saturated heterocycles. The molecule has 0 heterocycles. The highest BCUT2D eigenvalue weighted by molar-refractivity contribution is 5.90. The van der Waals surface area contributed by atoms with Crippen molar-refractivity contribution in [1.82, 2.24) is 0 Å². The summed E-state index contributed by atoms with van der Waals surface area (Å²) in [4.78, 5) is 10.6. The molecule has 0 bridgehead atoms. The molecule has 5 heteroatoms. The van der Waals surface area contributed by atoms with Gasteiger partial charge in [0, 0.05) is 12.1 Å². The molecule has 0 unspecified atom stereocenters. The number of aromatic carboxylic acids is 1. The lowest BCUT2D eigenvalue weighted by molar-refractivity contribution is 0.0696. The number of rotatable bonds is 2. The van der Waals surface area contributed by atoms with E-state index in [-0.39, 0.29) is 23.2 Å². The Morgan fingerprint density at radius 2 is 2.29 bits per heavy atom. The van der Waals surface area contributed by atoms with E-state index >= 15 is 0 Å². The van der Waals surface area contributed by atoms with Gasteiger partial charge in [0.1, 0.15) is 11.9 Å². The number of hydrogen-bond acceptors (Lipinski definition) is 3. The van der Waals surface area contributed by atoms with Crippen LogP contribution in [0.2, 0.25) is 0 Å². The fourth-order valence-electron chi connectivity index (χ4n) is 1.04. The van der Waals surface area contributed by atoms with Crippen molar-refractivity contribution in [3.8, 4) is 6.07 Å². The van der Waals surface area contributed by atoms with Crippen LogP contribution >= 0.6 is 0 Å². The monoisotopic (exact) mass is 194 g/mol. The van der Waals surface area contributed by atoms with E-state index in [0.29, 0.717) is 0 Å². The van der Waals surface area contributed by atoms with Crippen LogP contribution in [0.3, 0.4) is 0 Å². The van der Waals surface area contributed by atoms with E-state index in [2.05, 4.69) is 0 Å². The predicted molar refractivity (Wildman–Crippen MR) is 46.0 cm³/mol. The van der Waals surface area contributed by atoms with Gasteiger partial charge >= 0.3 is 5.97 Å². The SMILES string of the molecule is N#Cc1cc(CN)c(F)cc1C(=O)O. The number of carbonyl (C=O) groups is 1. The fraction of sp³-hybridized carbons (Fsp3) is 0.111. The molecule has 3 N–H and O–H groups in total. The van der Waals surface area contributed by atoms with E-state index in [9.17, 15) is 9.18 Å². The van der Waals surface area contributed by atoms with Crippen molar-refractivity contribution in [3.63, 3.8) is 0 Å². The van der Waals surface area contributed by atoms with Crippen LogP contribution in [0.4, 0.5) is 4.39 Å². The average molecular weight is 194 g/mol. The van der Waals surface area contributed by atoms with Gasteiger partial charge in [-0.2, -0.15) is 5.26 Å². The van der Waals surface area contributed by atoms with Crippen LogP contribution in [0.5, 0.6) is 0 Å². The number of carboxylic acid groups (broad SMARTS) is 1. The van der Waals surface area contributed by atoms with E-state index in [0.717, 1.165) is 12.1 Å². The summed E-state index contributed by atoms with van der Waals surface area (Å²) < 4.78 is 13.1. The van der Waals surface area contributed by atoms with Crippen LogP contribution in [0.1, 0.15) is 21.5 Å². The molecule has 0 saturated carbocycles. The van der Waals surface area contributed by atoms with Crippen LogP contribution in [0.25, 0.3) is 0 Å². The third-order valence-corrected chi connectivity index (χ3v) is 1.76. The summed E-state index contributed by atoms with van der Waals surface area (Å²) in [5.41, 5.74) is 4.91. The maximum Gasteiger partial charge on any atom is 0.337 e. The quantitative estimate of drug-likeness (QED) is 0.730. The van der Waals surface area contributed by atoms with Crippen molar-refractivity contribution >= 4 is 5.97 Å². The Balaban J connectivity index is 3.41. The highest BCUT2D eigenvalue weighted by Crippen LogP contribution is 2.15. The van der Waals surface area contributed by atoms with Gasteiger partial charge in [-0.3, -0.25) is 0 Å². The average Bonchev–Trinajstić information content (AvgIpc) is 2.17. The van der Waals surface area contributed by atoms with Crippen molar-refractivity contribution in [1.29, 1.82) is 5.26 Å². The number of nitriles is 1. The van der Waals surface area contributed by atoms with Crippen molar-refractivity contribution in [2.24, 2.45) is 5.73 Å². The standard InChI is InChI=1S/C9H7FN2O2/c10-8-2-7(9(13)14)5(3-11)1-6(8)4-12/h1-2H,4,12H2,(H,13,14). The number of halogens is 1. The summed E-state index contributed by atoms with van der Waals surface area (Å²) >= 11 is 0. The number of carboxylic acids is 1. The third-order valence-electron chi connectivity index (χ3n) is 1.76. The number of hydrogen-bond donors (Lipinski definition) is 2. The van der Waals surface area contributed by atoms with Crippen molar-refractivity contribution in [2.75, 3.05) is 0 Å². The number of nitrogens with two attached hydrogens (primary N) is 1. The summed E-state index contributed by atoms with van der Waals surface area (Å²) in [6.07, 6.45) is 0. The second kappa shape index (κ2) is 3.85. The second-order valence-electron chi connectivity index (χ2n) is 2.61. The molecular formula is C9H7FN2O2. The summed E-state index contributed by atoms with van der Waals surface area (Å²) in [5, 5.41) is 17.2. The van der Waals surface area contributed by atoms with Gasteiger partial charge in [-0.25, -0.2) is 9.18 Å². The van der Waals surface area contributed by atoms with Gasteiger partial charge < -0.3 is 10.8 Å². The molecule has 0 spiro atoms. The van der Waals surface area contributed by atoms with Gasteiger partial charge in [0.25, 0.3) is 0 Å². The lowest BCUT2D eigenvalue weighted by atomic mass is 10.0. The first-order valence-corrected chi connectivity index (χ1v) is 3.76. The first-order chi connectivity index (χ1) is 6.60. The fourth-order valence-corrected chi connectivity index (χ4v) is 1.04. The lowest BCUT2D eigenvalue weighted by Crippen LogP contribution is -2.06. The molecule has 72 valence electrons. The minimum absolute atomic E-state index is 0.0690. The molecule has 0 aliphatic carbocycles. The van der Waals surface area contributed by atoms with Crippen LogP contribution in [0, 0.1) is 17.1 Å². The Bertz CT molecular complexity index is 424. The molecule has 4 nitrogen and oxygen atoms in total. The molecule has 0 fully saturated rings. The van der Waals surface area contributed by atoms with Crippen LogP contribution < -0.4 is 5.73 Å². The highest BCUT2D eigenvalue weighted by Gasteiger charge is 2.13. The summed E-state index contributed by atoms with van der Waals surface area (Å²) in [5.74, 6) is -2.03. The summed E-state index contributed by atoms with van der Waals surface area (Å²) in [6, 6.07) is 3.64. The molecule has 14 heavy (non-hydrogen) atoms. The Morgan fingerprint density at radius 3 is 2.71 bits per heavy atom. The zero-order valence-corrected chi connectivity index (χ0v) is 7.12. The summed E-state index contributed by atoms with van der Waals surface area (Å²) in [6.45, 7) is -0.0690. The zero-order valence-electron chi connectivity index (χ0n) is 7.12. The topological polar surface area (TPSA) is 87.1 Å². The molecule has 0 amide bonds. The molecular weight excluding hydrogens is 187 g/mol. The van der Waals surface area contributed by atoms with E-state index < -0.39 is 11.8 Å². The van der Waals surface area contributed by atoms with Gasteiger partial charge in [0.15, 0.2) is 0 Å². The van der Waals surface area contributed by atoms with Gasteiger partial charge in [-0.1, -0.05) is 0 Å². The third kappa shape index (κ3) is 1.70. The van der Waals surface area contributed by atoms with E-state index in [1.54, 1.807) is 6.07 Å². The molecule has 1 aromatic carbocycles. The largest absolute Gasteiger partial charge is 0.478 e. The second-order valence-corrected chi connectivity index (χ2v) is 2.61. The van der Waals surface area contributed by atoms with E-state index in [4.69, 9.17) is 16.1 Å². The maximum absolute atomic E-state index is 13.1. The molecule has 1 aromatic rings. The molecule has 0 radical (unpaired) electrons. The van der Waals surface area contributed by atoms with Gasteiger partial charge in [0.2, 0.25) is 0 Å². The first kappa shape index (κ1) is 10.2. The smallest absolute Gasteiger partial charge is 0.337 e. The Kier molecular flexibility index (Phi) is 2.79. The van der Waals surface area contributed by atoms with Gasteiger partial charge in [0.05, 0.1) is 11.1 Å². The van der Waals surface area contributed by atoms with Crippen LogP contribution in [0.15, 0.2) is 12.1 Å². The predicted octanol–water partition coefficient (Wildman–Crippen LogP) is 0.854. The first-order valence-electron chi connectivity index (χ1n) is 3.76. The normalized spacial score (nSPS) is 9.50. The maximum atomic E-state index is 13.1.